The Morgan fingerprint density at radius 1 is 1.69 bits per heavy atom. The molecule has 2 rings (SSSR count). The van der Waals surface area contributed by atoms with Crippen LogP contribution in [0.5, 0.6) is 0 Å². The van der Waals surface area contributed by atoms with Crippen molar-refractivity contribution in [2.24, 2.45) is 5.92 Å². The maximum Gasteiger partial charge on any atom is 0.224 e. The number of aryl methyl sites for hydroxylation is 1. The van der Waals surface area contributed by atoms with Crippen LogP contribution in [0.15, 0.2) is 11.4 Å². The van der Waals surface area contributed by atoms with Gasteiger partial charge >= 0.3 is 0 Å². The normalized spacial score (nSPS) is 20.7. The number of nitrogens with one attached hydrogen (secondary N) is 2. The van der Waals surface area contributed by atoms with E-state index in [2.05, 4.69) is 29.0 Å². The number of carbonyl (C=O) groups is 1. The highest BCUT2D eigenvalue weighted by Gasteiger charge is 2.20. The van der Waals surface area contributed by atoms with E-state index < -0.39 is 0 Å². The predicted molar refractivity (Wildman–Crippen MR) is 66.5 cm³/mol. The highest BCUT2D eigenvalue weighted by molar-refractivity contribution is 7.10. The number of piperidine rings is 1. The van der Waals surface area contributed by atoms with Crippen molar-refractivity contribution in [1.29, 1.82) is 0 Å². The van der Waals surface area contributed by atoms with E-state index in [1.165, 1.54) is 10.4 Å². The Bertz CT molecular complexity index is 356. The molecule has 0 saturated carbocycles. The number of amides is 1. The van der Waals surface area contributed by atoms with Crippen LogP contribution in [-0.2, 0) is 11.3 Å². The van der Waals surface area contributed by atoms with Gasteiger partial charge < -0.3 is 10.6 Å². The molecule has 0 spiro atoms. The summed E-state index contributed by atoms with van der Waals surface area (Å²) in [5, 5.41) is 8.36. The smallest absolute Gasteiger partial charge is 0.224 e. The van der Waals surface area contributed by atoms with Crippen LogP contribution in [0.2, 0.25) is 0 Å². The van der Waals surface area contributed by atoms with Gasteiger partial charge in [0.25, 0.3) is 0 Å². The minimum Gasteiger partial charge on any atom is -0.351 e. The van der Waals surface area contributed by atoms with Crippen LogP contribution in [0.4, 0.5) is 0 Å². The zero-order chi connectivity index (χ0) is 11.4. The Hall–Kier alpha value is -0.870. The molecule has 1 aliphatic rings. The molecule has 0 radical (unpaired) electrons. The van der Waals surface area contributed by atoms with Gasteiger partial charge in [-0.1, -0.05) is 0 Å². The summed E-state index contributed by atoms with van der Waals surface area (Å²) in [4.78, 5) is 13.1. The van der Waals surface area contributed by atoms with E-state index in [1.54, 1.807) is 11.3 Å². The second-order valence-corrected chi connectivity index (χ2v) is 5.29. The fourth-order valence-electron chi connectivity index (χ4n) is 1.97. The summed E-state index contributed by atoms with van der Waals surface area (Å²) >= 11 is 1.71. The first-order valence-electron chi connectivity index (χ1n) is 5.79. The maximum atomic E-state index is 11.9. The maximum absolute atomic E-state index is 11.9. The van der Waals surface area contributed by atoms with E-state index in [4.69, 9.17) is 0 Å². The highest BCUT2D eigenvalue weighted by atomic mass is 32.1. The third-order valence-electron chi connectivity index (χ3n) is 3.06. The fraction of sp³-hybridized carbons (Fsp3) is 0.583. The molecule has 2 N–H and O–H groups in total. The lowest BCUT2D eigenvalue weighted by atomic mass is 9.99. The number of thiophene rings is 1. The van der Waals surface area contributed by atoms with Gasteiger partial charge in [-0.05, 0) is 43.3 Å². The van der Waals surface area contributed by atoms with Crippen molar-refractivity contribution < 1.29 is 4.79 Å². The van der Waals surface area contributed by atoms with Crippen molar-refractivity contribution in [3.8, 4) is 0 Å². The van der Waals surface area contributed by atoms with Crippen molar-refractivity contribution in [3.63, 3.8) is 0 Å². The lowest BCUT2D eigenvalue weighted by molar-refractivity contribution is -0.125. The molecular weight excluding hydrogens is 220 g/mol. The van der Waals surface area contributed by atoms with Crippen LogP contribution >= 0.6 is 11.3 Å². The summed E-state index contributed by atoms with van der Waals surface area (Å²) in [6.07, 6.45) is 2.12. The number of hydrogen-bond donors (Lipinski definition) is 2. The Labute approximate surface area is 100 Å². The van der Waals surface area contributed by atoms with Gasteiger partial charge in [-0.15, -0.1) is 11.3 Å². The van der Waals surface area contributed by atoms with Crippen LogP contribution in [0.3, 0.4) is 0 Å². The standard InChI is InChI=1S/C12H18N2OS/c1-9-4-6-16-11(9)8-14-12(15)10-3-2-5-13-7-10/h4,6,10,13H,2-3,5,7-8H2,1H3,(H,14,15)/t10-/m0/s1. The van der Waals surface area contributed by atoms with Crippen molar-refractivity contribution in [2.75, 3.05) is 13.1 Å². The summed E-state index contributed by atoms with van der Waals surface area (Å²) in [6.45, 7) is 4.64. The molecule has 3 nitrogen and oxygen atoms in total. The molecule has 1 aromatic heterocycles. The van der Waals surface area contributed by atoms with Crippen molar-refractivity contribution in [2.45, 2.75) is 26.3 Å². The van der Waals surface area contributed by atoms with Crippen molar-refractivity contribution in [3.05, 3.63) is 21.9 Å². The third kappa shape index (κ3) is 2.83. The first-order chi connectivity index (χ1) is 7.77. The van der Waals surface area contributed by atoms with Crippen LogP contribution in [0.1, 0.15) is 23.3 Å². The molecule has 0 aliphatic carbocycles. The summed E-state index contributed by atoms with van der Waals surface area (Å²) in [5.74, 6) is 0.356. The minimum atomic E-state index is 0.161. The summed E-state index contributed by atoms with van der Waals surface area (Å²) in [5.41, 5.74) is 1.27. The number of carbonyl (C=O) groups excluding carboxylic acids is 1. The first-order valence-corrected chi connectivity index (χ1v) is 6.66. The van der Waals surface area contributed by atoms with Gasteiger partial charge in [0, 0.05) is 11.4 Å². The Kier molecular flexibility index (Phi) is 3.96. The van der Waals surface area contributed by atoms with Crippen LogP contribution in [0.25, 0.3) is 0 Å². The fourth-order valence-corrected chi connectivity index (χ4v) is 2.82. The molecule has 4 heteroatoms. The third-order valence-corrected chi connectivity index (χ3v) is 4.08. The topological polar surface area (TPSA) is 41.1 Å². The summed E-state index contributed by atoms with van der Waals surface area (Å²) < 4.78 is 0. The van der Waals surface area contributed by atoms with Crippen molar-refractivity contribution in [1.82, 2.24) is 10.6 Å². The zero-order valence-corrected chi connectivity index (χ0v) is 10.4. The molecule has 0 aromatic carbocycles. The second kappa shape index (κ2) is 5.46. The molecule has 2 heterocycles. The molecule has 1 aliphatic heterocycles. The van der Waals surface area contributed by atoms with E-state index >= 15 is 0 Å². The molecule has 1 saturated heterocycles. The molecule has 16 heavy (non-hydrogen) atoms. The molecule has 1 atom stereocenters. The van der Waals surface area contributed by atoms with Gasteiger partial charge in [-0.3, -0.25) is 4.79 Å². The van der Waals surface area contributed by atoms with Gasteiger partial charge in [0.1, 0.15) is 0 Å². The number of hydrogen-bond acceptors (Lipinski definition) is 3. The zero-order valence-electron chi connectivity index (χ0n) is 9.58. The molecular formula is C12H18N2OS. The molecule has 0 bridgehead atoms. The Morgan fingerprint density at radius 3 is 3.19 bits per heavy atom. The van der Waals surface area contributed by atoms with Gasteiger partial charge in [0.2, 0.25) is 5.91 Å². The number of rotatable bonds is 3. The van der Waals surface area contributed by atoms with Gasteiger partial charge in [0.05, 0.1) is 12.5 Å². The Balaban J connectivity index is 1.81. The molecule has 1 fully saturated rings. The quantitative estimate of drug-likeness (QED) is 0.841. The monoisotopic (exact) mass is 238 g/mol. The average molecular weight is 238 g/mol. The van der Waals surface area contributed by atoms with Gasteiger partial charge in [-0.25, -0.2) is 0 Å². The molecule has 1 aromatic rings. The van der Waals surface area contributed by atoms with Crippen LogP contribution in [0, 0.1) is 12.8 Å². The van der Waals surface area contributed by atoms with E-state index in [0.29, 0.717) is 6.54 Å². The summed E-state index contributed by atoms with van der Waals surface area (Å²) in [6, 6.07) is 2.09. The van der Waals surface area contributed by atoms with Crippen molar-refractivity contribution >= 4 is 17.2 Å². The molecule has 0 unspecified atom stereocenters. The first kappa shape index (κ1) is 11.6. The Morgan fingerprint density at radius 2 is 2.56 bits per heavy atom. The summed E-state index contributed by atoms with van der Waals surface area (Å²) in [7, 11) is 0. The van der Waals surface area contributed by atoms with E-state index in [-0.39, 0.29) is 11.8 Å². The lowest BCUT2D eigenvalue weighted by Gasteiger charge is -2.21. The second-order valence-electron chi connectivity index (χ2n) is 4.29. The molecule has 1 amide bonds. The minimum absolute atomic E-state index is 0.161. The largest absolute Gasteiger partial charge is 0.351 e. The van der Waals surface area contributed by atoms with Crippen LogP contribution < -0.4 is 10.6 Å². The van der Waals surface area contributed by atoms with Crippen LogP contribution in [-0.4, -0.2) is 19.0 Å². The SMILES string of the molecule is Cc1ccsc1CNC(=O)[C@H]1CCCNC1. The van der Waals surface area contributed by atoms with E-state index in [9.17, 15) is 4.79 Å². The van der Waals surface area contributed by atoms with E-state index in [0.717, 1.165) is 25.9 Å². The molecule has 88 valence electrons. The predicted octanol–water partition coefficient (Wildman–Crippen LogP) is 1.67. The van der Waals surface area contributed by atoms with Gasteiger partial charge in [0.15, 0.2) is 0 Å². The lowest BCUT2D eigenvalue weighted by Crippen LogP contribution is -2.40. The highest BCUT2D eigenvalue weighted by Crippen LogP contribution is 2.16. The van der Waals surface area contributed by atoms with E-state index in [1.807, 2.05) is 0 Å². The van der Waals surface area contributed by atoms with Gasteiger partial charge in [-0.2, -0.15) is 0 Å². The average Bonchev–Trinajstić information content (AvgIpc) is 2.73.